The SMILES string of the molecule is CC(=S)OCc1ccc(F)cc1Cl. The fourth-order valence-corrected chi connectivity index (χ4v) is 1.10. The molecule has 0 spiro atoms. The van der Waals surface area contributed by atoms with Crippen LogP contribution in [0.25, 0.3) is 0 Å². The molecule has 0 unspecified atom stereocenters. The molecule has 1 aromatic rings. The van der Waals surface area contributed by atoms with Crippen molar-refractivity contribution < 1.29 is 9.13 Å². The second-order valence-corrected chi connectivity index (χ2v) is 3.50. The maximum absolute atomic E-state index is 12.6. The Morgan fingerprint density at radius 1 is 1.62 bits per heavy atom. The number of halogens is 2. The zero-order valence-electron chi connectivity index (χ0n) is 7.01. The molecule has 1 nitrogen and oxygen atoms in total. The molecule has 0 aliphatic carbocycles. The third-order valence-corrected chi connectivity index (χ3v) is 1.92. The first-order valence-electron chi connectivity index (χ1n) is 3.67. The van der Waals surface area contributed by atoms with Gasteiger partial charge in [0.2, 0.25) is 0 Å². The van der Waals surface area contributed by atoms with E-state index < -0.39 is 0 Å². The fourth-order valence-electron chi connectivity index (χ4n) is 0.818. The average Bonchev–Trinajstić information content (AvgIpc) is 2.02. The van der Waals surface area contributed by atoms with Crippen LogP contribution in [-0.4, -0.2) is 5.05 Å². The van der Waals surface area contributed by atoms with Crippen molar-refractivity contribution in [2.24, 2.45) is 0 Å². The second kappa shape index (κ2) is 4.53. The molecule has 0 heterocycles. The Kier molecular flexibility index (Phi) is 3.63. The molecule has 0 atom stereocenters. The molecule has 70 valence electrons. The van der Waals surface area contributed by atoms with E-state index in [9.17, 15) is 4.39 Å². The molecule has 4 heteroatoms. The van der Waals surface area contributed by atoms with Crippen molar-refractivity contribution in [1.29, 1.82) is 0 Å². The zero-order chi connectivity index (χ0) is 9.84. The number of hydrogen-bond donors (Lipinski definition) is 0. The standard InChI is InChI=1S/C9H8ClFOS/c1-6(13)12-5-7-2-3-8(11)4-9(7)10/h2-4H,5H2,1H3. The number of benzene rings is 1. The molecule has 0 aliphatic rings. The van der Waals surface area contributed by atoms with Crippen molar-refractivity contribution in [2.45, 2.75) is 13.5 Å². The zero-order valence-corrected chi connectivity index (χ0v) is 8.58. The summed E-state index contributed by atoms with van der Waals surface area (Å²) < 4.78 is 17.7. The highest BCUT2D eigenvalue weighted by molar-refractivity contribution is 7.80. The minimum atomic E-state index is -0.354. The highest BCUT2D eigenvalue weighted by atomic mass is 35.5. The smallest absolute Gasteiger partial charge is 0.157 e. The molecule has 0 amide bonds. The monoisotopic (exact) mass is 218 g/mol. The molecule has 0 radical (unpaired) electrons. The van der Waals surface area contributed by atoms with Crippen LogP contribution in [-0.2, 0) is 11.3 Å². The topological polar surface area (TPSA) is 9.23 Å². The van der Waals surface area contributed by atoms with Crippen LogP contribution < -0.4 is 0 Å². The Morgan fingerprint density at radius 2 is 2.31 bits per heavy atom. The van der Waals surface area contributed by atoms with Crippen LogP contribution >= 0.6 is 23.8 Å². The highest BCUT2D eigenvalue weighted by Crippen LogP contribution is 2.17. The van der Waals surface area contributed by atoms with Gasteiger partial charge in [0.05, 0.1) is 5.02 Å². The van der Waals surface area contributed by atoms with Crippen LogP contribution in [0.3, 0.4) is 0 Å². The lowest BCUT2D eigenvalue weighted by Crippen LogP contribution is -1.97. The van der Waals surface area contributed by atoms with Crippen molar-refractivity contribution in [1.82, 2.24) is 0 Å². The highest BCUT2D eigenvalue weighted by Gasteiger charge is 2.02. The molecular formula is C9H8ClFOS. The largest absolute Gasteiger partial charge is 0.483 e. The summed E-state index contributed by atoms with van der Waals surface area (Å²) in [6.45, 7) is 1.96. The van der Waals surface area contributed by atoms with Crippen LogP contribution in [0.1, 0.15) is 12.5 Å². The molecule has 1 aromatic carbocycles. The predicted octanol–water partition coefficient (Wildman–Crippen LogP) is 3.34. The number of thiocarbonyl (C=S) groups is 1. The van der Waals surface area contributed by atoms with Crippen molar-refractivity contribution in [3.63, 3.8) is 0 Å². The molecule has 1 rings (SSSR count). The molecule has 0 aromatic heterocycles. The van der Waals surface area contributed by atoms with Crippen LogP contribution in [0.5, 0.6) is 0 Å². The predicted molar refractivity (Wildman–Crippen MR) is 54.5 cm³/mol. The Morgan fingerprint density at radius 3 is 2.85 bits per heavy atom. The van der Waals surface area contributed by atoms with Crippen LogP contribution in [0, 0.1) is 5.82 Å². The van der Waals surface area contributed by atoms with Crippen molar-refractivity contribution in [2.75, 3.05) is 0 Å². The summed E-state index contributed by atoms with van der Waals surface area (Å²) in [5.41, 5.74) is 0.729. The first kappa shape index (κ1) is 10.4. The van der Waals surface area contributed by atoms with Gasteiger partial charge in [0.1, 0.15) is 12.4 Å². The second-order valence-electron chi connectivity index (χ2n) is 2.52. The quantitative estimate of drug-likeness (QED) is 0.705. The van der Waals surface area contributed by atoms with Gasteiger partial charge in [-0.1, -0.05) is 17.7 Å². The van der Waals surface area contributed by atoms with Gasteiger partial charge in [0.15, 0.2) is 5.05 Å². The molecule has 0 fully saturated rings. The van der Waals surface area contributed by atoms with E-state index in [0.717, 1.165) is 5.56 Å². The molecule has 0 saturated carbocycles. The summed E-state index contributed by atoms with van der Waals surface area (Å²) in [5.74, 6) is -0.354. The van der Waals surface area contributed by atoms with Crippen LogP contribution in [0.2, 0.25) is 5.02 Å². The third kappa shape index (κ3) is 3.28. The van der Waals surface area contributed by atoms with Gasteiger partial charge in [0.25, 0.3) is 0 Å². The van der Waals surface area contributed by atoms with Crippen molar-refractivity contribution in [3.05, 3.63) is 34.6 Å². The minimum absolute atomic E-state index is 0.286. The molecule has 0 aliphatic heterocycles. The summed E-state index contributed by atoms with van der Waals surface area (Å²) in [4.78, 5) is 0. The van der Waals surface area contributed by atoms with E-state index in [2.05, 4.69) is 0 Å². The van der Waals surface area contributed by atoms with Gasteiger partial charge in [-0.15, -0.1) is 0 Å². The Hall–Kier alpha value is -0.670. The van der Waals surface area contributed by atoms with Gasteiger partial charge in [-0.2, -0.15) is 0 Å². The van der Waals surface area contributed by atoms with Gasteiger partial charge < -0.3 is 4.74 Å². The van der Waals surface area contributed by atoms with Crippen molar-refractivity contribution in [3.8, 4) is 0 Å². The lowest BCUT2D eigenvalue weighted by atomic mass is 10.2. The van der Waals surface area contributed by atoms with Crippen LogP contribution in [0.4, 0.5) is 4.39 Å². The van der Waals surface area contributed by atoms with Gasteiger partial charge >= 0.3 is 0 Å². The van der Waals surface area contributed by atoms with E-state index in [-0.39, 0.29) is 12.4 Å². The van der Waals surface area contributed by atoms with E-state index in [1.54, 1.807) is 13.0 Å². The molecule has 0 bridgehead atoms. The maximum Gasteiger partial charge on any atom is 0.157 e. The Balaban J connectivity index is 2.72. The molecule has 13 heavy (non-hydrogen) atoms. The minimum Gasteiger partial charge on any atom is -0.483 e. The van der Waals surface area contributed by atoms with E-state index in [0.29, 0.717) is 10.1 Å². The average molecular weight is 219 g/mol. The van der Waals surface area contributed by atoms with E-state index in [1.165, 1.54) is 12.1 Å². The van der Waals surface area contributed by atoms with Crippen molar-refractivity contribution >= 4 is 28.9 Å². The lowest BCUT2D eigenvalue weighted by Gasteiger charge is -2.05. The Bertz CT molecular complexity index is 327. The van der Waals surface area contributed by atoms with E-state index in [4.69, 9.17) is 28.6 Å². The normalized spacial score (nSPS) is 9.77. The summed E-state index contributed by atoms with van der Waals surface area (Å²) in [5, 5.41) is 0.802. The summed E-state index contributed by atoms with van der Waals surface area (Å²) >= 11 is 10.5. The lowest BCUT2D eigenvalue weighted by molar-refractivity contribution is 0.298. The molecule has 0 N–H and O–H groups in total. The van der Waals surface area contributed by atoms with E-state index >= 15 is 0 Å². The fraction of sp³-hybridized carbons (Fsp3) is 0.222. The first-order valence-corrected chi connectivity index (χ1v) is 4.45. The third-order valence-electron chi connectivity index (χ3n) is 1.45. The Labute approximate surface area is 86.5 Å². The van der Waals surface area contributed by atoms with Gasteiger partial charge in [-0.25, -0.2) is 4.39 Å². The first-order chi connectivity index (χ1) is 6.09. The maximum atomic E-state index is 12.6. The number of ether oxygens (including phenoxy) is 1. The molecule has 0 saturated heterocycles. The van der Waals surface area contributed by atoms with Crippen LogP contribution in [0.15, 0.2) is 18.2 Å². The molecular weight excluding hydrogens is 211 g/mol. The van der Waals surface area contributed by atoms with E-state index in [1.807, 2.05) is 0 Å². The number of rotatable bonds is 2. The van der Waals surface area contributed by atoms with Gasteiger partial charge in [0, 0.05) is 12.5 Å². The summed E-state index contributed by atoms with van der Waals surface area (Å²) in [6.07, 6.45) is 0. The number of hydrogen-bond acceptors (Lipinski definition) is 2. The summed E-state index contributed by atoms with van der Waals surface area (Å²) in [6, 6.07) is 4.16. The van der Waals surface area contributed by atoms with Gasteiger partial charge in [-0.05, 0) is 24.4 Å². The van der Waals surface area contributed by atoms with Gasteiger partial charge in [-0.3, -0.25) is 0 Å². The summed E-state index contributed by atoms with van der Waals surface area (Å²) in [7, 11) is 0.